The first-order valence-corrected chi connectivity index (χ1v) is 8.17. The van der Waals surface area contributed by atoms with E-state index in [4.69, 9.17) is 14.6 Å². The van der Waals surface area contributed by atoms with Crippen LogP contribution in [0.4, 0.5) is 0 Å². The maximum absolute atomic E-state index is 12.0. The lowest BCUT2D eigenvalue weighted by molar-refractivity contribution is -0.139. The number of rotatable bonds is 9. The van der Waals surface area contributed by atoms with E-state index in [0.717, 1.165) is 0 Å². The number of methoxy groups -OCH3 is 1. The number of amides is 2. The zero-order chi connectivity index (χ0) is 20.4. The van der Waals surface area contributed by atoms with E-state index in [1.807, 2.05) is 0 Å². The highest BCUT2D eigenvalue weighted by Gasteiger charge is 2.09. The van der Waals surface area contributed by atoms with Crippen LogP contribution < -0.4 is 20.2 Å². The number of nitrogens with zero attached hydrogens (tertiary/aromatic N) is 1. The molecule has 2 amide bonds. The summed E-state index contributed by atoms with van der Waals surface area (Å²) in [6.07, 6.45) is 1.32. The van der Waals surface area contributed by atoms with Gasteiger partial charge in [0.05, 0.1) is 19.9 Å². The van der Waals surface area contributed by atoms with Crippen molar-refractivity contribution in [3.05, 3.63) is 59.7 Å². The standard InChI is InChI=1S/C19H19N3O6/c1-27-15-7-4-6-13(9-15)19(26)20-11-17(23)22-21-10-14-5-2-3-8-16(14)28-12-18(24)25/h2-10H,11-12H2,1H3,(H,20,26)(H,22,23)(H,24,25). The molecule has 0 bridgehead atoms. The molecule has 0 aromatic heterocycles. The molecule has 0 spiro atoms. The van der Waals surface area contributed by atoms with Gasteiger partial charge in [-0.1, -0.05) is 18.2 Å². The Balaban J connectivity index is 1.85. The summed E-state index contributed by atoms with van der Waals surface area (Å²) in [4.78, 5) is 34.4. The summed E-state index contributed by atoms with van der Waals surface area (Å²) in [7, 11) is 1.49. The number of nitrogens with one attached hydrogen (secondary N) is 2. The summed E-state index contributed by atoms with van der Waals surface area (Å²) in [6, 6.07) is 13.2. The number of carboxylic acid groups (broad SMARTS) is 1. The molecule has 0 unspecified atom stereocenters. The van der Waals surface area contributed by atoms with E-state index in [9.17, 15) is 14.4 Å². The Morgan fingerprint density at radius 3 is 2.68 bits per heavy atom. The summed E-state index contributed by atoms with van der Waals surface area (Å²) in [5.41, 5.74) is 3.12. The largest absolute Gasteiger partial charge is 0.497 e. The highest BCUT2D eigenvalue weighted by Crippen LogP contribution is 2.15. The number of hydrogen-bond acceptors (Lipinski definition) is 6. The first-order chi connectivity index (χ1) is 13.5. The van der Waals surface area contributed by atoms with E-state index in [1.54, 1.807) is 48.5 Å². The van der Waals surface area contributed by atoms with Gasteiger partial charge in [0.1, 0.15) is 11.5 Å². The monoisotopic (exact) mass is 385 g/mol. The van der Waals surface area contributed by atoms with Gasteiger partial charge in [-0.2, -0.15) is 5.10 Å². The number of benzene rings is 2. The van der Waals surface area contributed by atoms with Gasteiger partial charge in [0.2, 0.25) is 0 Å². The van der Waals surface area contributed by atoms with Gasteiger partial charge in [-0.15, -0.1) is 0 Å². The van der Waals surface area contributed by atoms with Crippen LogP contribution in [0, 0.1) is 0 Å². The van der Waals surface area contributed by atoms with Gasteiger partial charge in [-0.05, 0) is 30.3 Å². The van der Waals surface area contributed by atoms with Crippen LogP contribution in [0.25, 0.3) is 0 Å². The number of carbonyl (C=O) groups excluding carboxylic acids is 2. The third kappa shape index (κ3) is 6.45. The van der Waals surface area contributed by atoms with Crippen molar-refractivity contribution in [3.63, 3.8) is 0 Å². The van der Waals surface area contributed by atoms with Crippen LogP contribution in [-0.2, 0) is 9.59 Å². The molecule has 2 rings (SSSR count). The number of aliphatic carboxylic acids is 1. The Kier molecular flexibility index (Phi) is 7.53. The summed E-state index contributed by atoms with van der Waals surface area (Å²) in [5.74, 6) is -1.21. The Labute approximate surface area is 161 Å². The second kappa shape index (κ2) is 10.3. The maximum atomic E-state index is 12.0. The van der Waals surface area contributed by atoms with Crippen LogP contribution in [-0.4, -0.2) is 49.4 Å². The summed E-state index contributed by atoms with van der Waals surface area (Å²) in [6.45, 7) is -0.766. The quantitative estimate of drug-likeness (QED) is 0.437. The molecule has 0 fully saturated rings. The maximum Gasteiger partial charge on any atom is 0.341 e. The van der Waals surface area contributed by atoms with Crippen molar-refractivity contribution in [3.8, 4) is 11.5 Å². The molecule has 9 heteroatoms. The van der Waals surface area contributed by atoms with Gasteiger partial charge in [-0.25, -0.2) is 10.2 Å². The molecular formula is C19H19N3O6. The topological polar surface area (TPSA) is 126 Å². The predicted molar refractivity (Wildman–Crippen MR) is 101 cm³/mol. The zero-order valence-corrected chi connectivity index (χ0v) is 15.0. The number of carbonyl (C=O) groups is 3. The molecule has 0 heterocycles. The molecule has 0 saturated carbocycles. The van der Waals surface area contributed by atoms with Crippen molar-refractivity contribution in [1.29, 1.82) is 0 Å². The first-order valence-electron chi connectivity index (χ1n) is 8.17. The molecule has 28 heavy (non-hydrogen) atoms. The lowest BCUT2D eigenvalue weighted by Crippen LogP contribution is -2.34. The van der Waals surface area contributed by atoms with E-state index < -0.39 is 24.4 Å². The van der Waals surface area contributed by atoms with Crippen LogP contribution in [0.5, 0.6) is 11.5 Å². The number of para-hydroxylation sites is 1. The lowest BCUT2D eigenvalue weighted by atomic mass is 10.2. The van der Waals surface area contributed by atoms with Crippen LogP contribution in [0.1, 0.15) is 15.9 Å². The molecule has 0 atom stereocenters. The Morgan fingerprint density at radius 1 is 1.14 bits per heavy atom. The number of ether oxygens (including phenoxy) is 2. The van der Waals surface area contributed by atoms with Gasteiger partial charge < -0.3 is 19.9 Å². The van der Waals surface area contributed by atoms with Gasteiger partial charge in [0.15, 0.2) is 6.61 Å². The highest BCUT2D eigenvalue weighted by molar-refractivity contribution is 5.96. The molecular weight excluding hydrogens is 366 g/mol. The third-order valence-corrected chi connectivity index (χ3v) is 3.40. The van der Waals surface area contributed by atoms with Gasteiger partial charge in [-0.3, -0.25) is 9.59 Å². The van der Waals surface area contributed by atoms with E-state index >= 15 is 0 Å². The van der Waals surface area contributed by atoms with Crippen LogP contribution in [0.3, 0.4) is 0 Å². The minimum Gasteiger partial charge on any atom is -0.497 e. The van der Waals surface area contributed by atoms with Crippen LogP contribution >= 0.6 is 0 Å². The van der Waals surface area contributed by atoms with Crippen molar-refractivity contribution in [2.75, 3.05) is 20.3 Å². The first kappa shape index (κ1) is 20.4. The summed E-state index contributed by atoms with van der Waals surface area (Å²) >= 11 is 0. The smallest absolute Gasteiger partial charge is 0.341 e. The summed E-state index contributed by atoms with van der Waals surface area (Å²) in [5, 5.41) is 14.9. The highest BCUT2D eigenvalue weighted by atomic mass is 16.5. The van der Waals surface area contributed by atoms with Crippen LogP contribution in [0.2, 0.25) is 0 Å². The second-order valence-electron chi connectivity index (χ2n) is 5.43. The third-order valence-electron chi connectivity index (χ3n) is 3.40. The molecule has 0 aliphatic rings. The van der Waals surface area contributed by atoms with Gasteiger partial charge in [0, 0.05) is 11.1 Å². The minimum absolute atomic E-state index is 0.273. The Morgan fingerprint density at radius 2 is 1.93 bits per heavy atom. The van der Waals surface area contributed by atoms with Crippen molar-refractivity contribution in [2.24, 2.45) is 5.10 Å². The number of carboxylic acids is 1. The average Bonchev–Trinajstić information content (AvgIpc) is 2.71. The summed E-state index contributed by atoms with van der Waals surface area (Å²) < 4.78 is 10.2. The molecule has 3 N–H and O–H groups in total. The predicted octanol–water partition coefficient (Wildman–Crippen LogP) is 1.04. The molecule has 146 valence electrons. The van der Waals surface area contributed by atoms with Gasteiger partial charge in [0.25, 0.3) is 11.8 Å². The average molecular weight is 385 g/mol. The molecule has 0 saturated heterocycles. The fourth-order valence-electron chi connectivity index (χ4n) is 2.10. The minimum atomic E-state index is -1.10. The van der Waals surface area contributed by atoms with Crippen molar-refractivity contribution in [1.82, 2.24) is 10.7 Å². The van der Waals surface area contributed by atoms with E-state index in [-0.39, 0.29) is 6.54 Å². The number of hydrogen-bond donors (Lipinski definition) is 3. The fourth-order valence-corrected chi connectivity index (χ4v) is 2.10. The lowest BCUT2D eigenvalue weighted by Gasteiger charge is -2.07. The molecule has 2 aromatic carbocycles. The normalized spacial score (nSPS) is 10.3. The molecule has 2 aromatic rings. The van der Waals surface area contributed by atoms with E-state index in [1.165, 1.54) is 13.3 Å². The molecule has 9 nitrogen and oxygen atoms in total. The zero-order valence-electron chi connectivity index (χ0n) is 15.0. The van der Waals surface area contributed by atoms with Crippen molar-refractivity contribution < 1.29 is 29.0 Å². The van der Waals surface area contributed by atoms with E-state index in [2.05, 4.69) is 15.8 Å². The Hall–Kier alpha value is -3.88. The molecule has 0 aliphatic heterocycles. The van der Waals surface area contributed by atoms with Gasteiger partial charge >= 0.3 is 5.97 Å². The second-order valence-corrected chi connectivity index (χ2v) is 5.43. The number of hydrazone groups is 1. The van der Waals surface area contributed by atoms with Crippen LogP contribution in [0.15, 0.2) is 53.6 Å². The molecule has 0 radical (unpaired) electrons. The Bertz CT molecular complexity index is 881. The SMILES string of the molecule is COc1cccc(C(=O)NCC(=O)NN=Cc2ccccc2OCC(=O)O)c1. The van der Waals surface area contributed by atoms with Crippen molar-refractivity contribution >= 4 is 24.0 Å². The van der Waals surface area contributed by atoms with Crippen molar-refractivity contribution in [2.45, 2.75) is 0 Å². The fraction of sp³-hybridized carbons (Fsp3) is 0.158. The molecule has 0 aliphatic carbocycles. The van der Waals surface area contributed by atoms with E-state index in [0.29, 0.717) is 22.6 Å².